The van der Waals surface area contributed by atoms with Crippen molar-refractivity contribution in [3.63, 3.8) is 0 Å². The van der Waals surface area contributed by atoms with Crippen molar-refractivity contribution in [2.45, 2.75) is 179 Å². The minimum atomic E-state index is -4.62. The monoisotopic (exact) mass is 891 g/mol. The van der Waals surface area contributed by atoms with Crippen LogP contribution in [0.5, 0.6) is 0 Å². The van der Waals surface area contributed by atoms with Crippen LogP contribution in [0.3, 0.4) is 0 Å². The summed E-state index contributed by atoms with van der Waals surface area (Å²) >= 11 is 0. The first kappa shape index (κ1) is 56.6. The predicted octanol–water partition coefficient (Wildman–Crippen LogP) is 9.44. The highest BCUT2D eigenvalue weighted by molar-refractivity contribution is 7.85. The summed E-state index contributed by atoms with van der Waals surface area (Å²) in [6, 6.07) is 0. The van der Waals surface area contributed by atoms with Crippen LogP contribution in [0.4, 0.5) is 0 Å². The zero-order valence-electron chi connectivity index (χ0n) is 37.4. The largest absolute Gasteiger partial charge is 0.462 e. The summed E-state index contributed by atoms with van der Waals surface area (Å²) in [7, 11) is -4.62. The van der Waals surface area contributed by atoms with Gasteiger partial charge in [0.05, 0.1) is 6.61 Å². The van der Waals surface area contributed by atoms with Crippen LogP contribution in [0, 0.1) is 0 Å². The molecule has 0 aromatic carbocycles. The standard InChI is InChI=1S/C49H78O12S/c1-3-5-7-9-11-13-15-17-19-20-21-22-24-25-27-29-31-33-35-37-44(50)58-39-42(40-59-49-48(54)47(53)46(52)43(61-49)41-62(55,56)57)60-45(51)38-36-34-32-30-28-26-23-18-16-14-12-10-8-6-4-2/h6,8,11-14,17-19,21-23,25,27,31,33,42-43,46-49,52-54H,3-5,7,9-10,15-16,20,24,26,28-30,32,34-41H2,1-2H3,(H,55,56,57)/b8-6+,13-11+,14-12+,19-17+,22-21+,23-18+,27-25+,33-31+/t42-,43-,46-,47?,48?,49+/m1/s1. The summed E-state index contributed by atoms with van der Waals surface area (Å²) in [6.45, 7) is 3.52. The molecule has 0 aromatic rings. The SMILES string of the molecule is CC/C=C/C/C=C/C/C=C/CCCCCCCC(=O)O[C@H](COC(=O)CC/C=C/C/C=C/C/C=C/C/C=C/C/C=C/CCCCC)CO[C@H]1O[C@H](CS(=O)(=O)O)[C@@H](O)C(O)C1O. The number of allylic oxidation sites excluding steroid dienone is 16. The van der Waals surface area contributed by atoms with Crippen LogP contribution < -0.4 is 0 Å². The van der Waals surface area contributed by atoms with E-state index in [0.717, 1.165) is 83.5 Å². The molecular formula is C49H78O12S. The predicted molar refractivity (Wildman–Crippen MR) is 247 cm³/mol. The zero-order valence-corrected chi connectivity index (χ0v) is 38.2. The average molecular weight is 891 g/mol. The van der Waals surface area contributed by atoms with Crippen molar-refractivity contribution in [1.29, 1.82) is 0 Å². The van der Waals surface area contributed by atoms with Gasteiger partial charge in [-0.15, -0.1) is 0 Å². The lowest BCUT2D eigenvalue weighted by atomic mass is 10.00. The summed E-state index contributed by atoms with van der Waals surface area (Å²) in [5.74, 6) is -2.13. The molecule has 0 radical (unpaired) electrons. The minimum absolute atomic E-state index is 0.0856. The van der Waals surface area contributed by atoms with Gasteiger partial charge in [-0.3, -0.25) is 14.1 Å². The Kier molecular flexibility index (Phi) is 34.7. The van der Waals surface area contributed by atoms with E-state index in [0.29, 0.717) is 12.8 Å². The van der Waals surface area contributed by atoms with Crippen molar-refractivity contribution in [3.8, 4) is 0 Å². The maximum Gasteiger partial charge on any atom is 0.306 e. The van der Waals surface area contributed by atoms with Gasteiger partial charge in [-0.1, -0.05) is 143 Å². The normalized spacial score (nSPS) is 20.8. The number of carbonyl (C=O) groups is 2. The Labute approximate surface area is 373 Å². The van der Waals surface area contributed by atoms with E-state index >= 15 is 0 Å². The van der Waals surface area contributed by atoms with Gasteiger partial charge in [-0.05, 0) is 83.5 Å². The molecule has 62 heavy (non-hydrogen) atoms. The van der Waals surface area contributed by atoms with Gasteiger partial charge >= 0.3 is 11.9 Å². The molecule has 0 aliphatic carbocycles. The van der Waals surface area contributed by atoms with E-state index in [2.05, 4.69) is 98.9 Å². The van der Waals surface area contributed by atoms with E-state index < -0.39 is 71.2 Å². The van der Waals surface area contributed by atoms with Crippen molar-refractivity contribution >= 4 is 22.1 Å². The highest BCUT2D eigenvalue weighted by atomic mass is 32.2. The van der Waals surface area contributed by atoms with Gasteiger partial charge in [0.1, 0.15) is 36.8 Å². The Hall–Kier alpha value is -3.43. The van der Waals surface area contributed by atoms with Gasteiger partial charge in [0, 0.05) is 12.8 Å². The second kappa shape index (κ2) is 38.1. The highest BCUT2D eigenvalue weighted by Crippen LogP contribution is 2.24. The number of ether oxygens (including phenoxy) is 4. The molecule has 4 N–H and O–H groups in total. The molecule has 0 aromatic heterocycles. The third kappa shape index (κ3) is 32.3. The summed E-state index contributed by atoms with van der Waals surface area (Å²) < 4.78 is 54.0. The number of esters is 2. The fourth-order valence-corrected chi connectivity index (χ4v) is 6.83. The van der Waals surface area contributed by atoms with Crippen LogP contribution in [0.1, 0.15) is 142 Å². The molecule has 1 aliphatic rings. The maximum absolute atomic E-state index is 12.8. The van der Waals surface area contributed by atoms with Crippen LogP contribution in [0.15, 0.2) is 97.2 Å². The molecular weight excluding hydrogens is 813 g/mol. The van der Waals surface area contributed by atoms with Crippen LogP contribution in [0.2, 0.25) is 0 Å². The number of rotatable bonds is 36. The lowest BCUT2D eigenvalue weighted by Crippen LogP contribution is -2.60. The molecule has 1 fully saturated rings. The smallest absolute Gasteiger partial charge is 0.306 e. The zero-order chi connectivity index (χ0) is 45.5. The number of hydrogen-bond acceptors (Lipinski definition) is 11. The van der Waals surface area contributed by atoms with E-state index in [1.165, 1.54) is 19.3 Å². The molecule has 1 heterocycles. The molecule has 6 atom stereocenters. The number of hydrogen-bond donors (Lipinski definition) is 4. The first-order valence-electron chi connectivity index (χ1n) is 22.8. The van der Waals surface area contributed by atoms with Gasteiger partial charge in [0.15, 0.2) is 12.4 Å². The third-order valence-electron chi connectivity index (χ3n) is 9.66. The molecule has 12 nitrogen and oxygen atoms in total. The van der Waals surface area contributed by atoms with Gasteiger partial charge in [0.2, 0.25) is 0 Å². The van der Waals surface area contributed by atoms with Crippen molar-refractivity contribution < 1.29 is 56.8 Å². The van der Waals surface area contributed by atoms with Gasteiger partial charge < -0.3 is 34.3 Å². The topological polar surface area (TPSA) is 186 Å². The highest BCUT2D eigenvalue weighted by Gasteiger charge is 2.46. The quantitative estimate of drug-likeness (QED) is 0.0202. The lowest BCUT2D eigenvalue weighted by molar-refractivity contribution is -0.297. The van der Waals surface area contributed by atoms with E-state index in [-0.39, 0.29) is 19.4 Å². The number of carbonyl (C=O) groups excluding carboxylic acids is 2. The maximum atomic E-state index is 12.8. The average Bonchev–Trinajstić information content (AvgIpc) is 3.24. The van der Waals surface area contributed by atoms with Crippen molar-refractivity contribution in [2.75, 3.05) is 19.0 Å². The van der Waals surface area contributed by atoms with E-state index in [9.17, 15) is 37.9 Å². The Bertz CT molecular complexity index is 1510. The fraction of sp³-hybridized carbons (Fsp3) is 0.633. The molecule has 1 saturated heterocycles. The van der Waals surface area contributed by atoms with Gasteiger partial charge in [-0.2, -0.15) is 8.42 Å². The first-order chi connectivity index (χ1) is 30.0. The van der Waals surface area contributed by atoms with Crippen LogP contribution in [-0.2, 0) is 38.7 Å². The number of aliphatic hydroxyl groups is 3. The molecule has 0 spiro atoms. The fourth-order valence-electron chi connectivity index (χ4n) is 6.14. The summed E-state index contributed by atoms with van der Waals surface area (Å²) in [5.41, 5.74) is 0. The molecule has 13 heteroatoms. The molecule has 0 amide bonds. The summed E-state index contributed by atoms with van der Waals surface area (Å²) in [5, 5.41) is 30.9. The lowest BCUT2D eigenvalue weighted by Gasteiger charge is -2.40. The van der Waals surface area contributed by atoms with Gasteiger partial charge in [-0.25, -0.2) is 0 Å². The molecule has 1 aliphatic heterocycles. The summed E-state index contributed by atoms with van der Waals surface area (Å²) in [6.07, 6.45) is 41.8. The summed E-state index contributed by atoms with van der Waals surface area (Å²) in [4.78, 5) is 25.4. The van der Waals surface area contributed by atoms with E-state index in [1.54, 1.807) is 0 Å². The molecule has 2 unspecified atom stereocenters. The van der Waals surface area contributed by atoms with Crippen LogP contribution in [-0.4, -0.2) is 96.0 Å². The number of unbranched alkanes of at least 4 members (excludes halogenated alkanes) is 8. The van der Waals surface area contributed by atoms with Crippen LogP contribution in [0.25, 0.3) is 0 Å². The Morgan fingerprint density at radius 2 is 1.05 bits per heavy atom. The van der Waals surface area contributed by atoms with E-state index in [1.807, 2.05) is 12.2 Å². The Morgan fingerprint density at radius 3 is 1.58 bits per heavy atom. The second-order valence-electron chi connectivity index (χ2n) is 15.3. The Balaban J connectivity index is 2.52. The third-order valence-corrected chi connectivity index (χ3v) is 10.4. The molecule has 0 saturated carbocycles. The number of aliphatic hydroxyl groups excluding tert-OH is 3. The van der Waals surface area contributed by atoms with Crippen molar-refractivity contribution in [3.05, 3.63) is 97.2 Å². The van der Waals surface area contributed by atoms with Crippen LogP contribution >= 0.6 is 0 Å². The van der Waals surface area contributed by atoms with Crippen molar-refractivity contribution in [1.82, 2.24) is 0 Å². The molecule has 0 bridgehead atoms. The van der Waals surface area contributed by atoms with E-state index in [4.69, 9.17) is 18.9 Å². The second-order valence-corrected chi connectivity index (χ2v) is 16.8. The van der Waals surface area contributed by atoms with Crippen molar-refractivity contribution in [2.24, 2.45) is 0 Å². The Morgan fingerprint density at radius 1 is 0.565 bits per heavy atom. The first-order valence-corrected chi connectivity index (χ1v) is 24.4. The van der Waals surface area contributed by atoms with Gasteiger partial charge in [0.25, 0.3) is 10.1 Å². The minimum Gasteiger partial charge on any atom is -0.462 e. The molecule has 1 rings (SSSR count). The molecule has 352 valence electrons.